The Labute approximate surface area is 191 Å². The van der Waals surface area contributed by atoms with Gasteiger partial charge in [-0.25, -0.2) is 4.98 Å². The molecule has 160 valence electrons. The van der Waals surface area contributed by atoms with E-state index in [0.29, 0.717) is 21.7 Å². The number of anilines is 1. The van der Waals surface area contributed by atoms with Gasteiger partial charge in [-0.05, 0) is 36.1 Å². The summed E-state index contributed by atoms with van der Waals surface area (Å²) in [4.78, 5) is 15.6. The SMILES string of the molecule is CCCCc1ccc(C(=O)CSc2[nH+]c(N)c(C#N)c(-c3ccc(O)cc3)c2C#N)cc1. The number of aromatic nitrogens is 1. The summed E-state index contributed by atoms with van der Waals surface area (Å²) < 4.78 is 0. The maximum atomic E-state index is 12.7. The second-order valence-electron chi connectivity index (χ2n) is 7.28. The van der Waals surface area contributed by atoms with Gasteiger partial charge in [0.05, 0.1) is 5.75 Å². The molecule has 0 saturated carbocycles. The van der Waals surface area contributed by atoms with E-state index in [0.717, 1.165) is 19.3 Å². The lowest BCUT2D eigenvalue weighted by atomic mass is 9.97. The van der Waals surface area contributed by atoms with E-state index in [9.17, 15) is 20.4 Å². The van der Waals surface area contributed by atoms with E-state index < -0.39 is 0 Å². The summed E-state index contributed by atoms with van der Waals surface area (Å²) in [6.45, 7) is 2.14. The molecule has 0 aliphatic rings. The Bertz CT molecular complexity index is 1210. The highest BCUT2D eigenvalue weighted by Gasteiger charge is 2.24. The van der Waals surface area contributed by atoms with Crippen molar-refractivity contribution in [2.24, 2.45) is 0 Å². The van der Waals surface area contributed by atoms with Gasteiger partial charge in [-0.2, -0.15) is 10.5 Å². The van der Waals surface area contributed by atoms with Gasteiger partial charge in [0.15, 0.2) is 10.8 Å². The second kappa shape index (κ2) is 10.5. The predicted octanol–water partition coefficient (Wildman–Crippen LogP) is 4.52. The number of carbonyl (C=O) groups is 1. The summed E-state index contributed by atoms with van der Waals surface area (Å²) in [6.07, 6.45) is 3.22. The average Bonchev–Trinajstić information content (AvgIpc) is 2.81. The van der Waals surface area contributed by atoms with Gasteiger partial charge in [0, 0.05) is 11.1 Å². The summed E-state index contributed by atoms with van der Waals surface area (Å²) in [5, 5.41) is 29.4. The zero-order valence-corrected chi connectivity index (χ0v) is 18.5. The van der Waals surface area contributed by atoms with Crippen molar-refractivity contribution in [3.05, 3.63) is 70.8 Å². The monoisotopic (exact) mass is 443 g/mol. The average molecular weight is 444 g/mol. The van der Waals surface area contributed by atoms with Crippen LogP contribution in [0, 0.1) is 22.7 Å². The highest BCUT2D eigenvalue weighted by molar-refractivity contribution is 7.99. The Kier molecular flexibility index (Phi) is 7.49. The topological polar surface area (TPSA) is 125 Å². The second-order valence-corrected chi connectivity index (χ2v) is 8.26. The van der Waals surface area contributed by atoms with Crippen LogP contribution in [0.5, 0.6) is 5.75 Å². The van der Waals surface area contributed by atoms with Crippen LogP contribution in [-0.4, -0.2) is 16.6 Å². The van der Waals surface area contributed by atoms with Gasteiger partial charge in [-0.3, -0.25) is 10.5 Å². The number of hydrogen-bond acceptors (Lipinski definition) is 6. The lowest BCUT2D eigenvalue weighted by Crippen LogP contribution is -2.19. The number of nitrogens with one attached hydrogen (secondary N) is 1. The molecule has 2 aromatic carbocycles. The molecule has 0 saturated heterocycles. The van der Waals surface area contributed by atoms with E-state index in [1.165, 1.54) is 29.5 Å². The molecule has 4 N–H and O–H groups in total. The highest BCUT2D eigenvalue weighted by Crippen LogP contribution is 2.34. The fourth-order valence-electron chi connectivity index (χ4n) is 3.33. The lowest BCUT2D eigenvalue weighted by molar-refractivity contribution is -0.410. The number of nitrogens with zero attached hydrogens (tertiary/aromatic N) is 2. The van der Waals surface area contributed by atoms with Crippen LogP contribution in [0.25, 0.3) is 11.1 Å². The highest BCUT2D eigenvalue weighted by atomic mass is 32.2. The number of carbonyl (C=O) groups excluding carboxylic acids is 1. The van der Waals surface area contributed by atoms with Crippen LogP contribution >= 0.6 is 11.8 Å². The van der Waals surface area contributed by atoms with E-state index in [-0.39, 0.29) is 34.2 Å². The standard InChI is InChI=1S/C25H22N4O2S/c1-2-3-4-16-5-7-17(8-6-16)22(31)15-32-25-21(14-27)23(20(13-26)24(28)29-25)18-9-11-19(30)12-10-18/h5-12,30H,2-4,15H2,1H3,(H2,28,29)/p+1. The number of aryl methyl sites for hydroxylation is 1. The first-order valence-electron chi connectivity index (χ1n) is 10.2. The Hall–Kier alpha value is -3.81. The van der Waals surface area contributed by atoms with Gasteiger partial charge in [-0.1, -0.05) is 61.5 Å². The van der Waals surface area contributed by atoms with Crippen LogP contribution < -0.4 is 10.7 Å². The first-order chi connectivity index (χ1) is 15.5. The number of phenols is 1. The Morgan fingerprint density at radius 2 is 1.72 bits per heavy atom. The Morgan fingerprint density at radius 1 is 1.06 bits per heavy atom. The third-order valence-electron chi connectivity index (χ3n) is 5.07. The lowest BCUT2D eigenvalue weighted by Gasteiger charge is -2.10. The van der Waals surface area contributed by atoms with E-state index in [1.54, 1.807) is 12.1 Å². The number of unbranched alkanes of at least 4 members (excludes halogenated alkanes) is 1. The maximum absolute atomic E-state index is 12.7. The molecule has 0 aliphatic carbocycles. The van der Waals surface area contributed by atoms with E-state index >= 15 is 0 Å². The molecule has 1 aromatic heterocycles. The molecule has 0 atom stereocenters. The maximum Gasteiger partial charge on any atom is 0.289 e. The molecular formula is C25H23N4O2S+. The number of aromatic amines is 1. The van der Waals surface area contributed by atoms with E-state index in [4.69, 9.17) is 5.73 Å². The van der Waals surface area contributed by atoms with Crippen molar-refractivity contribution in [1.29, 1.82) is 10.5 Å². The van der Waals surface area contributed by atoms with Gasteiger partial charge in [0.2, 0.25) is 0 Å². The first kappa shape index (κ1) is 22.9. The fraction of sp³-hybridized carbons (Fsp3) is 0.200. The molecule has 0 fully saturated rings. The Morgan fingerprint density at radius 3 is 2.31 bits per heavy atom. The first-order valence-corrected chi connectivity index (χ1v) is 11.2. The molecule has 0 unspecified atom stereocenters. The van der Waals surface area contributed by atoms with Crippen LogP contribution in [0.1, 0.15) is 46.8 Å². The number of nitrogen functional groups attached to an aromatic ring is 1. The molecule has 1 heterocycles. The number of benzene rings is 2. The van der Waals surface area contributed by atoms with Crippen LogP contribution in [0.4, 0.5) is 5.82 Å². The zero-order valence-electron chi connectivity index (χ0n) is 17.7. The molecule has 0 radical (unpaired) electrons. The summed E-state index contributed by atoms with van der Waals surface area (Å²) in [6, 6.07) is 18.0. The largest absolute Gasteiger partial charge is 0.508 e. The number of pyridine rings is 1. The summed E-state index contributed by atoms with van der Waals surface area (Å²) in [7, 11) is 0. The number of rotatable bonds is 8. The van der Waals surface area contributed by atoms with Crippen molar-refractivity contribution in [3.63, 3.8) is 0 Å². The van der Waals surface area contributed by atoms with Gasteiger partial charge in [0.25, 0.3) is 5.82 Å². The van der Waals surface area contributed by atoms with Crippen molar-refractivity contribution in [2.75, 3.05) is 11.5 Å². The third kappa shape index (κ3) is 5.08. The summed E-state index contributed by atoms with van der Waals surface area (Å²) in [5.74, 6) is 0.232. The van der Waals surface area contributed by atoms with Crippen molar-refractivity contribution < 1.29 is 14.9 Å². The quantitative estimate of drug-likeness (QED) is 0.389. The molecule has 7 heteroatoms. The molecule has 6 nitrogen and oxygen atoms in total. The Balaban J connectivity index is 1.88. The zero-order chi connectivity index (χ0) is 23.1. The molecule has 0 aliphatic heterocycles. The van der Waals surface area contributed by atoms with Crippen molar-refractivity contribution in [1.82, 2.24) is 0 Å². The molecule has 32 heavy (non-hydrogen) atoms. The van der Waals surface area contributed by atoms with Gasteiger partial charge >= 0.3 is 0 Å². The number of phenolic OH excluding ortho intramolecular Hbond substituents is 1. The minimum Gasteiger partial charge on any atom is -0.508 e. The number of aromatic hydroxyl groups is 1. The predicted molar refractivity (Wildman–Crippen MR) is 124 cm³/mol. The minimum absolute atomic E-state index is 0.0663. The van der Waals surface area contributed by atoms with Gasteiger partial charge in [-0.15, -0.1) is 0 Å². The number of ketones is 1. The summed E-state index contributed by atoms with van der Waals surface area (Å²) >= 11 is 1.17. The van der Waals surface area contributed by atoms with Crippen LogP contribution in [0.15, 0.2) is 53.6 Å². The van der Waals surface area contributed by atoms with Crippen LogP contribution in [-0.2, 0) is 6.42 Å². The van der Waals surface area contributed by atoms with Crippen molar-refractivity contribution >= 4 is 23.4 Å². The number of thioether (sulfide) groups is 1. The molecule has 0 spiro atoms. The number of hydrogen-bond donors (Lipinski definition) is 2. The van der Waals surface area contributed by atoms with E-state index in [2.05, 4.69) is 18.0 Å². The molecular weight excluding hydrogens is 420 g/mol. The number of nitrogens with two attached hydrogens (primary N) is 1. The van der Waals surface area contributed by atoms with Crippen molar-refractivity contribution in [3.8, 4) is 29.0 Å². The molecule has 0 bridgehead atoms. The van der Waals surface area contributed by atoms with Gasteiger partial charge in [0.1, 0.15) is 29.0 Å². The fourth-order valence-corrected chi connectivity index (χ4v) is 4.24. The van der Waals surface area contributed by atoms with Crippen molar-refractivity contribution in [2.45, 2.75) is 31.2 Å². The minimum atomic E-state index is -0.0663. The number of Topliss-reactive ketones (excluding diaryl/α,β-unsaturated/α-hetero) is 1. The van der Waals surface area contributed by atoms with Crippen LogP contribution in [0.3, 0.4) is 0 Å². The molecule has 3 aromatic rings. The number of H-pyrrole nitrogens is 1. The smallest absolute Gasteiger partial charge is 0.289 e. The normalized spacial score (nSPS) is 10.3. The van der Waals surface area contributed by atoms with Crippen LogP contribution in [0.2, 0.25) is 0 Å². The third-order valence-corrected chi connectivity index (χ3v) is 6.07. The van der Waals surface area contributed by atoms with Gasteiger partial charge < -0.3 is 5.11 Å². The summed E-state index contributed by atoms with van der Waals surface area (Å²) in [5.41, 5.74) is 9.20. The molecule has 3 rings (SSSR count). The molecule has 0 amide bonds. The van der Waals surface area contributed by atoms with E-state index in [1.807, 2.05) is 30.3 Å². The number of nitriles is 2.